The first-order valence-corrected chi connectivity index (χ1v) is 10.4. The zero-order valence-electron chi connectivity index (χ0n) is 15.7. The van der Waals surface area contributed by atoms with Gasteiger partial charge in [-0.05, 0) is 74.8 Å². The molecular formula is C20H22ClN3OS2. The molecule has 1 aromatic carbocycles. The first kappa shape index (κ1) is 20.2. The lowest BCUT2D eigenvalue weighted by molar-refractivity contribution is 0.0739. The average molecular weight is 420 g/mol. The maximum Gasteiger partial charge on any atom is 0.101 e. The van der Waals surface area contributed by atoms with Gasteiger partial charge in [0.1, 0.15) is 5.60 Å². The highest BCUT2D eigenvalue weighted by atomic mass is 35.5. The van der Waals surface area contributed by atoms with Crippen LogP contribution in [0.15, 0.2) is 48.0 Å². The lowest BCUT2D eigenvalue weighted by atomic mass is 10.0. The van der Waals surface area contributed by atoms with E-state index in [9.17, 15) is 5.11 Å². The van der Waals surface area contributed by atoms with Gasteiger partial charge in [0.25, 0.3) is 0 Å². The van der Waals surface area contributed by atoms with Crippen molar-refractivity contribution >= 4 is 40.8 Å². The average Bonchev–Trinajstić information content (AvgIpc) is 3.09. The normalized spacial score (nSPS) is 11.8. The van der Waals surface area contributed by atoms with E-state index in [4.69, 9.17) is 11.6 Å². The molecule has 0 saturated heterocycles. The summed E-state index contributed by atoms with van der Waals surface area (Å²) in [5, 5.41) is 13.0. The third-order valence-electron chi connectivity index (χ3n) is 3.90. The van der Waals surface area contributed by atoms with Gasteiger partial charge in [0.05, 0.1) is 10.7 Å². The smallest absolute Gasteiger partial charge is 0.101 e. The summed E-state index contributed by atoms with van der Waals surface area (Å²) in [7, 11) is 3.95. The number of rotatable bonds is 6. The second kappa shape index (κ2) is 8.20. The van der Waals surface area contributed by atoms with Crippen LogP contribution >= 0.6 is 35.1 Å². The molecule has 0 unspecified atom stereocenters. The molecule has 0 radical (unpaired) electrons. The molecule has 3 aromatic rings. The van der Waals surface area contributed by atoms with E-state index in [0.717, 1.165) is 27.3 Å². The van der Waals surface area contributed by atoms with Crippen LogP contribution in [0.3, 0.4) is 0 Å². The van der Waals surface area contributed by atoms with E-state index in [1.54, 1.807) is 31.4 Å². The number of benzene rings is 1. The van der Waals surface area contributed by atoms with Crippen molar-refractivity contribution in [3.05, 3.63) is 58.7 Å². The molecule has 0 aliphatic rings. The molecule has 3 rings (SSSR count). The number of thiophene rings is 1. The number of halogens is 1. The van der Waals surface area contributed by atoms with Gasteiger partial charge in [-0.3, -0.25) is 4.98 Å². The molecule has 0 fully saturated rings. The highest BCUT2D eigenvalue weighted by Gasteiger charge is 2.18. The fourth-order valence-corrected chi connectivity index (χ4v) is 4.12. The summed E-state index contributed by atoms with van der Waals surface area (Å²) in [5.74, 6) is 0. The Morgan fingerprint density at radius 3 is 2.59 bits per heavy atom. The standard InChI is InChI=1S/C20H22ClN3OS2/c1-20(2,25)19-10-13(7-8-22-19)18-9-14(12-26-18)16-6-5-15(11-17(16)21)23-27-24(3)4/h5-12,23,25H,1-4H3. The summed E-state index contributed by atoms with van der Waals surface area (Å²) in [6.07, 6.45) is 1.73. The molecule has 0 bridgehead atoms. The molecule has 2 aromatic heterocycles. The van der Waals surface area contributed by atoms with Gasteiger partial charge in [-0.25, -0.2) is 4.31 Å². The number of nitrogens with zero attached hydrogens (tertiary/aromatic N) is 2. The van der Waals surface area contributed by atoms with Crippen molar-refractivity contribution in [1.29, 1.82) is 0 Å². The van der Waals surface area contributed by atoms with Gasteiger partial charge in [0, 0.05) is 34.5 Å². The minimum Gasteiger partial charge on any atom is -0.384 e. The summed E-state index contributed by atoms with van der Waals surface area (Å²) in [6, 6.07) is 12.0. The minimum absolute atomic E-state index is 0.654. The highest BCUT2D eigenvalue weighted by Crippen LogP contribution is 2.37. The van der Waals surface area contributed by atoms with Crippen LogP contribution in [0.2, 0.25) is 5.02 Å². The Hall–Kier alpha value is -1.57. The lowest BCUT2D eigenvalue weighted by Crippen LogP contribution is -2.17. The summed E-state index contributed by atoms with van der Waals surface area (Å²) >= 11 is 9.67. The van der Waals surface area contributed by atoms with Gasteiger partial charge in [-0.2, -0.15) is 0 Å². The number of anilines is 1. The molecule has 142 valence electrons. The van der Waals surface area contributed by atoms with Gasteiger partial charge in [-0.15, -0.1) is 11.3 Å². The van der Waals surface area contributed by atoms with E-state index >= 15 is 0 Å². The van der Waals surface area contributed by atoms with Gasteiger partial charge in [-0.1, -0.05) is 17.7 Å². The van der Waals surface area contributed by atoms with Gasteiger partial charge >= 0.3 is 0 Å². The lowest BCUT2D eigenvalue weighted by Gasteiger charge is -2.16. The second-order valence-corrected chi connectivity index (χ2v) is 9.32. The largest absolute Gasteiger partial charge is 0.384 e. The molecule has 0 amide bonds. The quantitative estimate of drug-likeness (QED) is 0.487. The van der Waals surface area contributed by atoms with Crippen molar-refractivity contribution in [3.8, 4) is 21.6 Å². The Labute approximate surface area is 173 Å². The molecule has 0 saturated carbocycles. The Bertz CT molecular complexity index is 935. The van der Waals surface area contributed by atoms with E-state index in [-0.39, 0.29) is 0 Å². The molecule has 0 atom stereocenters. The van der Waals surface area contributed by atoms with E-state index in [0.29, 0.717) is 10.7 Å². The third kappa shape index (κ3) is 5.03. The molecule has 0 aliphatic heterocycles. The van der Waals surface area contributed by atoms with E-state index in [1.807, 2.05) is 48.7 Å². The number of nitrogens with one attached hydrogen (secondary N) is 1. The summed E-state index contributed by atoms with van der Waals surface area (Å²) in [4.78, 5) is 5.39. The molecule has 0 aliphatic carbocycles. The van der Waals surface area contributed by atoms with Crippen LogP contribution in [-0.4, -0.2) is 28.5 Å². The fraction of sp³-hybridized carbons (Fsp3) is 0.250. The number of hydrogen-bond acceptors (Lipinski definition) is 6. The monoisotopic (exact) mass is 419 g/mol. The molecule has 2 heterocycles. The molecule has 7 heteroatoms. The van der Waals surface area contributed by atoms with Crippen molar-refractivity contribution in [1.82, 2.24) is 9.29 Å². The highest BCUT2D eigenvalue weighted by molar-refractivity contribution is 7.98. The Morgan fingerprint density at radius 2 is 1.93 bits per heavy atom. The predicted octanol–water partition coefficient (Wildman–Crippen LogP) is 5.89. The zero-order valence-corrected chi connectivity index (χ0v) is 18.0. The predicted molar refractivity (Wildman–Crippen MR) is 118 cm³/mol. The first-order valence-electron chi connectivity index (χ1n) is 8.42. The summed E-state index contributed by atoms with van der Waals surface area (Å²) in [6.45, 7) is 3.48. The van der Waals surface area contributed by atoms with Gasteiger partial charge < -0.3 is 9.83 Å². The van der Waals surface area contributed by atoms with Crippen LogP contribution in [0, 0.1) is 0 Å². The number of aliphatic hydroxyl groups is 1. The van der Waals surface area contributed by atoms with Gasteiger partial charge in [0.15, 0.2) is 0 Å². The number of pyridine rings is 1. The van der Waals surface area contributed by atoms with Crippen LogP contribution in [0.25, 0.3) is 21.6 Å². The topological polar surface area (TPSA) is 48.4 Å². The molecule has 4 nitrogen and oxygen atoms in total. The Morgan fingerprint density at radius 1 is 1.15 bits per heavy atom. The van der Waals surface area contributed by atoms with Crippen molar-refractivity contribution in [2.75, 3.05) is 18.8 Å². The fourth-order valence-electron chi connectivity index (χ4n) is 2.50. The zero-order chi connectivity index (χ0) is 19.6. The number of hydrogen-bond donors (Lipinski definition) is 2. The number of aromatic nitrogens is 1. The van der Waals surface area contributed by atoms with Crippen molar-refractivity contribution in [2.24, 2.45) is 0 Å². The van der Waals surface area contributed by atoms with Gasteiger partial charge in [0.2, 0.25) is 0 Å². The molecule has 27 heavy (non-hydrogen) atoms. The van der Waals surface area contributed by atoms with Crippen LogP contribution in [-0.2, 0) is 5.60 Å². The minimum atomic E-state index is -0.965. The SMILES string of the molecule is CN(C)SNc1ccc(-c2csc(-c3ccnc(C(C)(C)O)c3)c2)c(Cl)c1. The van der Waals surface area contributed by atoms with E-state index in [2.05, 4.69) is 21.2 Å². The third-order valence-corrected chi connectivity index (χ3v) is 5.88. The molecule has 2 N–H and O–H groups in total. The second-order valence-electron chi connectivity index (χ2n) is 6.89. The summed E-state index contributed by atoms with van der Waals surface area (Å²) < 4.78 is 5.22. The van der Waals surface area contributed by atoms with Crippen LogP contribution in [0.4, 0.5) is 5.69 Å². The van der Waals surface area contributed by atoms with Crippen LogP contribution < -0.4 is 4.72 Å². The van der Waals surface area contributed by atoms with Crippen LogP contribution in [0.5, 0.6) is 0 Å². The van der Waals surface area contributed by atoms with Crippen molar-refractivity contribution in [3.63, 3.8) is 0 Å². The maximum atomic E-state index is 10.2. The maximum absolute atomic E-state index is 10.2. The van der Waals surface area contributed by atoms with E-state index in [1.165, 1.54) is 12.1 Å². The Balaban J connectivity index is 1.86. The first-order chi connectivity index (χ1) is 12.7. The Kier molecular flexibility index (Phi) is 6.13. The van der Waals surface area contributed by atoms with Crippen LogP contribution in [0.1, 0.15) is 19.5 Å². The van der Waals surface area contributed by atoms with Crippen molar-refractivity contribution < 1.29 is 5.11 Å². The summed E-state index contributed by atoms with van der Waals surface area (Å²) in [5.41, 5.74) is 3.76. The van der Waals surface area contributed by atoms with E-state index < -0.39 is 5.60 Å². The molecule has 0 spiro atoms. The van der Waals surface area contributed by atoms with Crippen molar-refractivity contribution in [2.45, 2.75) is 19.4 Å². The molecular weight excluding hydrogens is 398 g/mol.